The molecular formula is C16H26N2O. The number of aryl methyl sites for hydroxylation is 1. The van der Waals surface area contributed by atoms with Crippen LogP contribution in [0.3, 0.4) is 0 Å². The van der Waals surface area contributed by atoms with Gasteiger partial charge in [-0.2, -0.15) is 0 Å². The second-order valence-electron chi connectivity index (χ2n) is 5.13. The lowest BCUT2D eigenvalue weighted by Crippen LogP contribution is -2.42. The first-order chi connectivity index (χ1) is 9.10. The molecule has 2 N–H and O–H groups in total. The number of rotatable bonds is 2. The van der Waals surface area contributed by atoms with Gasteiger partial charge in [0.05, 0.1) is 0 Å². The molecule has 0 spiro atoms. The minimum atomic E-state index is -0.226. The number of carbonyl (C=O) groups excluding carboxylic acids is 1. The maximum atomic E-state index is 12.2. The average Bonchev–Trinajstić information content (AvgIpc) is 2.44. The molecule has 0 radical (unpaired) electrons. The van der Waals surface area contributed by atoms with Gasteiger partial charge in [-0.15, -0.1) is 0 Å². The predicted octanol–water partition coefficient (Wildman–Crippen LogP) is 3.35. The molecule has 2 rings (SSSR count). The Morgan fingerprint density at radius 3 is 2.21 bits per heavy atom. The third-order valence-corrected chi connectivity index (χ3v) is 3.56. The summed E-state index contributed by atoms with van der Waals surface area (Å²) in [7, 11) is 0. The summed E-state index contributed by atoms with van der Waals surface area (Å²) in [5.74, 6) is 0.142. The lowest BCUT2D eigenvalue weighted by Gasteiger charge is -2.32. The number of carbonyl (C=O) groups is 1. The van der Waals surface area contributed by atoms with Crippen LogP contribution in [0.2, 0.25) is 0 Å². The summed E-state index contributed by atoms with van der Waals surface area (Å²) in [4.78, 5) is 12.2. The number of nitrogens with one attached hydrogen (secondary N) is 2. The largest absolute Gasteiger partial charge is 0.326 e. The first-order valence-corrected chi connectivity index (χ1v) is 7.19. The molecule has 0 bridgehead atoms. The molecule has 1 saturated heterocycles. The van der Waals surface area contributed by atoms with Crippen LogP contribution in [0.15, 0.2) is 24.3 Å². The molecule has 106 valence electrons. The quantitative estimate of drug-likeness (QED) is 0.858. The molecular weight excluding hydrogens is 236 g/mol. The SMILES string of the molecule is CC.Cc1ccc(NC(=O)C2(C)CCNCC2)cc1. The molecule has 3 nitrogen and oxygen atoms in total. The van der Waals surface area contributed by atoms with Gasteiger partial charge in [0.25, 0.3) is 0 Å². The summed E-state index contributed by atoms with van der Waals surface area (Å²) in [5, 5.41) is 6.30. The standard InChI is InChI=1S/C14H20N2O.C2H6/c1-11-3-5-12(6-4-11)16-13(17)14(2)7-9-15-10-8-14;1-2/h3-6,15H,7-10H2,1-2H3,(H,16,17);1-2H3. The van der Waals surface area contributed by atoms with Gasteiger partial charge in [-0.05, 0) is 45.0 Å². The van der Waals surface area contributed by atoms with Gasteiger partial charge in [-0.1, -0.05) is 38.5 Å². The lowest BCUT2D eigenvalue weighted by atomic mass is 9.80. The molecule has 0 aliphatic carbocycles. The number of hydrogen-bond donors (Lipinski definition) is 2. The first-order valence-electron chi connectivity index (χ1n) is 7.19. The van der Waals surface area contributed by atoms with Crippen LogP contribution in [0.5, 0.6) is 0 Å². The zero-order chi connectivity index (χ0) is 14.3. The fourth-order valence-electron chi connectivity index (χ4n) is 2.12. The van der Waals surface area contributed by atoms with E-state index in [0.29, 0.717) is 0 Å². The summed E-state index contributed by atoms with van der Waals surface area (Å²) in [6.07, 6.45) is 1.81. The molecule has 0 saturated carbocycles. The van der Waals surface area contributed by atoms with Crippen LogP contribution >= 0.6 is 0 Å². The maximum Gasteiger partial charge on any atom is 0.230 e. The van der Waals surface area contributed by atoms with Crippen molar-refractivity contribution < 1.29 is 4.79 Å². The van der Waals surface area contributed by atoms with Gasteiger partial charge in [0.15, 0.2) is 0 Å². The summed E-state index contributed by atoms with van der Waals surface area (Å²) >= 11 is 0. The second kappa shape index (κ2) is 7.29. The van der Waals surface area contributed by atoms with Gasteiger partial charge < -0.3 is 10.6 Å². The normalized spacial score (nSPS) is 17.1. The fourth-order valence-corrected chi connectivity index (χ4v) is 2.12. The Bertz CT molecular complexity index is 392. The molecule has 3 heteroatoms. The number of amides is 1. The minimum absolute atomic E-state index is 0.142. The molecule has 0 aromatic heterocycles. The van der Waals surface area contributed by atoms with Crippen molar-refractivity contribution in [3.63, 3.8) is 0 Å². The van der Waals surface area contributed by atoms with Crippen molar-refractivity contribution in [2.24, 2.45) is 5.41 Å². The summed E-state index contributed by atoms with van der Waals surface area (Å²) in [6, 6.07) is 7.94. The van der Waals surface area contributed by atoms with Crippen molar-refractivity contribution in [2.75, 3.05) is 18.4 Å². The lowest BCUT2D eigenvalue weighted by molar-refractivity contribution is -0.126. The summed E-state index contributed by atoms with van der Waals surface area (Å²) in [5.41, 5.74) is 1.87. The second-order valence-corrected chi connectivity index (χ2v) is 5.13. The van der Waals surface area contributed by atoms with Crippen molar-refractivity contribution in [1.82, 2.24) is 5.32 Å². The van der Waals surface area contributed by atoms with E-state index in [2.05, 4.69) is 17.6 Å². The third-order valence-electron chi connectivity index (χ3n) is 3.56. The number of anilines is 1. The zero-order valence-corrected chi connectivity index (χ0v) is 12.5. The van der Waals surface area contributed by atoms with E-state index in [-0.39, 0.29) is 11.3 Å². The molecule has 0 unspecified atom stereocenters. The predicted molar refractivity (Wildman–Crippen MR) is 81.4 cm³/mol. The number of piperidine rings is 1. The van der Waals surface area contributed by atoms with Crippen molar-refractivity contribution in [3.8, 4) is 0 Å². The van der Waals surface area contributed by atoms with Crippen LogP contribution in [0.4, 0.5) is 5.69 Å². The topological polar surface area (TPSA) is 41.1 Å². The smallest absolute Gasteiger partial charge is 0.230 e. The molecule has 1 amide bonds. The van der Waals surface area contributed by atoms with Crippen LogP contribution in [-0.2, 0) is 4.79 Å². The van der Waals surface area contributed by atoms with Crippen molar-refractivity contribution in [1.29, 1.82) is 0 Å². The van der Waals surface area contributed by atoms with Gasteiger partial charge in [-0.3, -0.25) is 4.79 Å². The van der Waals surface area contributed by atoms with Gasteiger partial charge in [-0.25, -0.2) is 0 Å². The Labute approximate surface area is 116 Å². The van der Waals surface area contributed by atoms with E-state index >= 15 is 0 Å². The molecule has 1 aliphatic heterocycles. The van der Waals surface area contributed by atoms with Crippen LogP contribution < -0.4 is 10.6 Å². The van der Waals surface area contributed by atoms with E-state index < -0.39 is 0 Å². The van der Waals surface area contributed by atoms with Crippen molar-refractivity contribution >= 4 is 11.6 Å². The van der Waals surface area contributed by atoms with E-state index in [1.165, 1.54) is 5.56 Å². The van der Waals surface area contributed by atoms with E-state index in [0.717, 1.165) is 31.6 Å². The van der Waals surface area contributed by atoms with Crippen molar-refractivity contribution in [3.05, 3.63) is 29.8 Å². The highest BCUT2D eigenvalue weighted by Gasteiger charge is 2.34. The average molecular weight is 262 g/mol. The molecule has 0 atom stereocenters. The zero-order valence-electron chi connectivity index (χ0n) is 12.5. The molecule has 19 heavy (non-hydrogen) atoms. The molecule has 1 aliphatic rings. The molecule has 1 aromatic carbocycles. The molecule has 1 fully saturated rings. The van der Waals surface area contributed by atoms with E-state index in [9.17, 15) is 4.79 Å². The molecule has 1 heterocycles. The van der Waals surface area contributed by atoms with E-state index in [4.69, 9.17) is 0 Å². The Hall–Kier alpha value is -1.35. The van der Waals surface area contributed by atoms with Gasteiger partial charge >= 0.3 is 0 Å². The van der Waals surface area contributed by atoms with Crippen molar-refractivity contribution in [2.45, 2.75) is 40.5 Å². The fraction of sp³-hybridized carbons (Fsp3) is 0.562. The Morgan fingerprint density at radius 2 is 1.68 bits per heavy atom. The number of benzene rings is 1. The van der Waals surface area contributed by atoms with Gasteiger partial charge in [0.2, 0.25) is 5.91 Å². The Balaban J connectivity index is 0.000000861. The van der Waals surface area contributed by atoms with Crippen LogP contribution in [-0.4, -0.2) is 19.0 Å². The van der Waals surface area contributed by atoms with E-state index in [1.54, 1.807) is 0 Å². The Kier molecular flexibility index (Phi) is 6.03. The van der Waals surface area contributed by atoms with Gasteiger partial charge in [0, 0.05) is 11.1 Å². The van der Waals surface area contributed by atoms with Crippen LogP contribution in [0, 0.1) is 12.3 Å². The monoisotopic (exact) mass is 262 g/mol. The first kappa shape index (κ1) is 15.7. The van der Waals surface area contributed by atoms with Crippen LogP contribution in [0.25, 0.3) is 0 Å². The number of hydrogen-bond acceptors (Lipinski definition) is 2. The highest BCUT2D eigenvalue weighted by atomic mass is 16.2. The minimum Gasteiger partial charge on any atom is -0.326 e. The van der Waals surface area contributed by atoms with E-state index in [1.807, 2.05) is 45.0 Å². The molecule has 1 aromatic rings. The summed E-state index contributed by atoms with van der Waals surface area (Å²) in [6.45, 7) is 9.95. The highest BCUT2D eigenvalue weighted by Crippen LogP contribution is 2.29. The maximum absolute atomic E-state index is 12.2. The highest BCUT2D eigenvalue weighted by molar-refractivity contribution is 5.95. The third kappa shape index (κ3) is 4.35. The summed E-state index contributed by atoms with van der Waals surface area (Å²) < 4.78 is 0. The Morgan fingerprint density at radius 1 is 1.16 bits per heavy atom. The van der Waals surface area contributed by atoms with Crippen LogP contribution in [0.1, 0.15) is 39.2 Å². The van der Waals surface area contributed by atoms with Gasteiger partial charge in [0.1, 0.15) is 0 Å².